The fourth-order valence-electron chi connectivity index (χ4n) is 1.35. The normalized spacial score (nSPS) is 12.8. The molecule has 2 aromatic carbocycles. The summed E-state index contributed by atoms with van der Waals surface area (Å²) in [5, 5.41) is 2.38. The second-order valence-corrected chi connectivity index (χ2v) is 5.24. The van der Waals surface area contributed by atoms with E-state index in [1.54, 1.807) is 5.41 Å². The van der Waals surface area contributed by atoms with E-state index in [-0.39, 0.29) is 0 Å². The molecule has 0 unspecified atom stereocenters. The van der Waals surface area contributed by atoms with Crippen LogP contribution in [0.3, 0.4) is 0 Å². The van der Waals surface area contributed by atoms with Crippen LogP contribution in [0.2, 0.25) is 5.02 Å². The van der Waals surface area contributed by atoms with Crippen LogP contribution in [0.5, 0.6) is 0 Å². The standard InChI is InChI=1S/C14H11ClOS/c15-13-8-6-12(7-9-13)10-11-17(16)14-4-2-1-3-5-14/h1-11H/b11-10+/t17-/m1/s1. The summed E-state index contributed by atoms with van der Waals surface area (Å²) in [6.45, 7) is 0. The maximum atomic E-state index is 11.9. The van der Waals surface area contributed by atoms with E-state index >= 15 is 0 Å². The van der Waals surface area contributed by atoms with Crippen LogP contribution in [-0.2, 0) is 10.8 Å². The zero-order valence-electron chi connectivity index (χ0n) is 9.05. The highest BCUT2D eigenvalue weighted by atomic mass is 35.5. The van der Waals surface area contributed by atoms with Crippen molar-refractivity contribution in [3.8, 4) is 0 Å². The lowest BCUT2D eigenvalue weighted by Crippen LogP contribution is -1.84. The molecular weight excluding hydrogens is 252 g/mol. The van der Waals surface area contributed by atoms with Crippen molar-refractivity contribution in [2.24, 2.45) is 0 Å². The van der Waals surface area contributed by atoms with Gasteiger partial charge in [0.05, 0.1) is 10.8 Å². The summed E-state index contributed by atoms with van der Waals surface area (Å²) < 4.78 is 11.9. The first-order valence-corrected chi connectivity index (χ1v) is 6.74. The number of halogens is 1. The van der Waals surface area contributed by atoms with Crippen molar-refractivity contribution < 1.29 is 4.21 Å². The van der Waals surface area contributed by atoms with Gasteiger partial charge in [-0.1, -0.05) is 41.9 Å². The lowest BCUT2D eigenvalue weighted by molar-refractivity contribution is 0.688. The molecule has 0 aliphatic carbocycles. The zero-order chi connectivity index (χ0) is 12.1. The third kappa shape index (κ3) is 3.55. The summed E-state index contributed by atoms with van der Waals surface area (Å²) >= 11 is 5.79. The summed E-state index contributed by atoms with van der Waals surface area (Å²) in [5.74, 6) is 0. The van der Waals surface area contributed by atoms with Crippen LogP contribution in [0.15, 0.2) is 64.9 Å². The van der Waals surface area contributed by atoms with E-state index in [1.807, 2.05) is 60.7 Å². The summed E-state index contributed by atoms with van der Waals surface area (Å²) in [5.41, 5.74) is 0.985. The second-order valence-electron chi connectivity index (χ2n) is 3.46. The van der Waals surface area contributed by atoms with Gasteiger partial charge in [-0.15, -0.1) is 0 Å². The average molecular weight is 263 g/mol. The van der Waals surface area contributed by atoms with Crippen LogP contribution in [0.25, 0.3) is 6.08 Å². The molecule has 0 bridgehead atoms. The van der Waals surface area contributed by atoms with Crippen molar-refractivity contribution in [1.29, 1.82) is 0 Å². The molecular formula is C14H11ClOS. The Balaban J connectivity index is 2.11. The molecule has 2 rings (SSSR count). The van der Waals surface area contributed by atoms with Crippen LogP contribution < -0.4 is 0 Å². The number of hydrogen-bond donors (Lipinski definition) is 0. The highest BCUT2D eigenvalue weighted by Crippen LogP contribution is 2.12. The molecule has 2 aromatic rings. The van der Waals surface area contributed by atoms with Crippen LogP contribution >= 0.6 is 11.6 Å². The van der Waals surface area contributed by atoms with Gasteiger partial charge in [0.1, 0.15) is 0 Å². The minimum atomic E-state index is -1.10. The Labute approximate surface area is 108 Å². The summed E-state index contributed by atoms with van der Waals surface area (Å²) in [4.78, 5) is 0.803. The lowest BCUT2D eigenvalue weighted by atomic mass is 10.2. The Bertz CT molecular complexity index is 532. The van der Waals surface area contributed by atoms with Crippen LogP contribution in [-0.4, -0.2) is 4.21 Å². The summed E-state index contributed by atoms with van der Waals surface area (Å²) in [6, 6.07) is 16.8. The van der Waals surface area contributed by atoms with Gasteiger partial charge in [-0.3, -0.25) is 0 Å². The minimum absolute atomic E-state index is 0.700. The molecule has 0 saturated heterocycles. The van der Waals surface area contributed by atoms with E-state index in [9.17, 15) is 4.21 Å². The average Bonchev–Trinajstić information content (AvgIpc) is 2.39. The molecule has 0 heterocycles. The van der Waals surface area contributed by atoms with Crippen LogP contribution in [0.1, 0.15) is 5.56 Å². The molecule has 1 atom stereocenters. The van der Waals surface area contributed by atoms with Gasteiger partial charge in [0.15, 0.2) is 0 Å². The molecule has 0 amide bonds. The quantitative estimate of drug-likeness (QED) is 0.813. The van der Waals surface area contributed by atoms with Gasteiger partial charge in [-0.2, -0.15) is 0 Å². The highest BCUT2D eigenvalue weighted by molar-refractivity contribution is 7.88. The minimum Gasteiger partial charge on any atom is -0.250 e. The van der Waals surface area contributed by atoms with E-state index < -0.39 is 10.8 Å². The molecule has 0 radical (unpaired) electrons. The molecule has 0 saturated carbocycles. The molecule has 3 heteroatoms. The van der Waals surface area contributed by atoms with Gasteiger partial charge < -0.3 is 0 Å². The Kier molecular flexibility index (Phi) is 4.13. The van der Waals surface area contributed by atoms with Gasteiger partial charge in [0.2, 0.25) is 0 Å². The van der Waals surface area contributed by atoms with Gasteiger partial charge in [0, 0.05) is 15.3 Å². The summed E-state index contributed by atoms with van der Waals surface area (Å²) in [6.07, 6.45) is 1.83. The Hall–Kier alpha value is -1.38. The van der Waals surface area contributed by atoms with Crippen LogP contribution in [0.4, 0.5) is 0 Å². The van der Waals surface area contributed by atoms with Crippen molar-refractivity contribution in [2.45, 2.75) is 4.90 Å². The molecule has 0 N–H and O–H groups in total. The topological polar surface area (TPSA) is 17.1 Å². The molecule has 1 nitrogen and oxygen atoms in total. The smallest absolute Gasteiger partial charge is 0.0776 e. The van der Waals surface area contributed by atoms with Crippen molar-refractivity contribution in [2.75, 3.05) is 0 Å². The lowest BCUT2D eigenvalue weighted by Gasteiger charge is -1.96. The Morgan fingerprint density at radius 1 is 0.941 bits per heavy atom. The Morgan fingerprint density at radius 2 is 1.59 bits per heavy atom. The van der Waals surface area contributed by atoms with E-state index in [1.165, 1.54) is 0 Å². The van der Waals surface area contributed by atoms with Crippen LogP contribution in [0, 0.1) is 0 Å². The van der Waals surface area contributed by atoms with Crippen molar-refractivity contribution in [3.05, 3.63) is 70.6 Å². The van der Waals surface area contributed by atoms with Gasteiger partial charge in [-0.25, -0.2) is 4.21 Å². The number of rotatable bonds is 3. The molecule has 0 aliphatic rings. The van der Waals surface area contributed by atoms with Crippen molar-refractivity contribution in [3.63, 3.8) is 0 Å². The van der Waals surface area contributed by atoms with E-state index in [0.717, 1.165) is 10.5 Å². The monoisotopic (exact) mass is 262 g/mol. The predicted molar refractivity (Wildman–Crippen MR) is 73.3 cm³/mol. The SMILES string of the molecule is O=[S@](/C=C/c1ccc(Cl)cc1)c1ccccc1. The van der Waals surface area contributed by atoms with Gasteiger partial charge >= 0.3 is 0 Å². The largest absolute Gasteiger partial charge is 0.250 e. The molecule has 0 aliphatic heterocycles. The third-order valence-electron chi connectivity index (χ3n) is 2.23. The predicted octanol–water partition coefficient (Wildman–Crippen LogP) is 4.12. The molecule has 0 spiro atoms. The maximum Gasteiger partial charge on any atom is 0.0776 e. The molecule has 86 valence electrons. The zero-order valence-corrected chi connectivity index (χ0v) is 10.6. The molecule has 17 heavy (non-hydrogen) atoms. The second kappa shape index (κ2) is 5.80. The first kappa shape index (κ1) is 12.1. The number of hydrogen-bond acceptors (Lipinski definition) is 1. The fraction of sp³-hybridized carbons (Fsp3) is 0. The molecule has 0 fully saturated rings. The fourth-order valence-corrected chi connectivity index (χ4v) is 2.34. The Morgan fingerprint density at radius 3 is 2.24 bits per heavy atom. The van der Waals surface area contributed by atoms with Gasteiger partial charge in [-0.05, 0) is 35.9 Å². The molecule has 0 aromatic heterocycles. The van der Waals surface area contributed by atoms with E-state index in [2.05, 4.69) is 0 Å². The van der Waals surface area contributed by atoms with Crippen molar-refractivity contribution >= 4 is 28.5 Å². The first-order chi connectivity index (χ1) is 8.25. The number of benzene rings is 2. The summed E-state index contributed by atoms with van der Waals surface area (Å²) in [7, 11) is -1.10. The maximum absolute atomic E-state index is 11.9. The van der Waals surface area contributed by atoms with Crippen molar-refractivity contribution in [1.82, 2.24) is 0 Å². The van der Waals surface area contributed by atoms with Gasteiger partial charge in [0.25, 0.3) is 0 Å². The first-order valence-electron chi connectivity index (χ1n) is 5.15. The van der Waals surface area contributed by atoms with E-state index in [4.69, 9.17) is 11.6 Å². The van der Waals surface area contributed by atoms with E-state index in [0.29, 0.717) is 5.02 Å². The highest BCUT2D eigenvalue weighted by Gasteiger charge is 1.97. The third-order valence-corrected chi connectivity index (χ3v) is 3.60.